The first-order valence-electron chi connectivity index (χ1n) is 9.47. The van der Waals surface area contributed by atoms with E-state index in [2.05, 4.69) is 25.7 Å². The number of hydrogen-bond donors (Lipinski definition) is 2. The van der Waals surface area contributed by atoms with Gasteiger partial charge in [-0.05, 0) is 30.3 Å². The molecule has 1 aliphatic heterocycles. The molecule has 1 aliphatic rings. The molecule has 5 rings (SSSR count). The van der Waals surface area contributed by atoms with Crippen LogP contribution in [0.3, 0.4) is 0 Å². The standard InChI is InChI=1S/C21H16ClFN6O2/c1-31-20-12(22)3-2-4-14(20)26-18-17(28-29-10-9-25-21(30)19(18)29)11-7-8-24-13-5-6-15(23)27-16(11)13/h2-8,26H,9-10H2,1H3,(H,25,30). The Labute approximate surface area is 181 Å². The molecule has 0 unspecified atom stereocenters. The number of ether oxygens (including phenoxy) is 1. The number of carbonyl (C=O) groups is 1. The number of methoxy groups -OCH3 is 1. The maximum atomic E-state index is 13.9. The third-order valence-corrected chi connectivity index (χ3v) is 5.31. The first kappa shape index (κ1) is 19.3. The van der Waals surface area contributed by atoms with Gasteiger partial charge in [-0.1, -0.05) is 17.7 Å². The fourth-order valence-corrected chi connectivity index (χ4v) is 3.91. The van der Waals surface area contributed by atoms with Crippen molar-refractivity contribution in [2.75, 3.05) is 19.0 Å². The second-order valence-electron chi connectivity index (χ2n) is 6.86. The fourth-order valence-electron chi connectivity index (χ4n) is 3.66. The molecule has 0 radical (unpaired) electrons. The van der Waals surface area contributed by atoms with Gasteiger partial charge in [0, 0.05) is 18.3 Å². The first-order valence-corrected chi connectivity index (χ1v) is 9.85. The normalized spacial score (nSPS) is 13.1. The van der Waals surface area contributed by atoms with Crippen LogP contribution in [0.15, 0.2) is 42.6 Å². The van der Waals surface area contributed by atoms with Crippen molar-refractivity contribution in [3.05, 3.63) is 59.3 Å². The number of hydrogen-bond acceptors (Lipinski definition) is 6. The third-order valence-electron chi connectivity index (χ3n) is 5.01. The summed E-state index contributed by atoms with van der Waals surface area (Å²) in [6, 6.07) is 9.75. The summed E-state index contributed by atoms with van der Waals surface area (Å²) in [5, 5.41) is 11.2. The number of carbonyl (C=O) groups excluding carboxylic acids is 1. The summed E-state index contributed by atoms with van der Waals surface area (Å²) >= 11 is 6.27. The third kappa shape index (κ3) is 3.23. The Bertz CT molecular complexity index is 1340. The van der Waals surface area contributed by atoms with E-state index >= 15 is 0 Å². The zero-order chi connectivity index (χ0) is 21.5. The summed E-state index contributed by atoms with van der Waals surface area (Å²) < 4.78 is 21.0. The molecule has 0 saturated carbocycles. The predicted octanol–water partition coefficient (Wildman–Crippen LogP) is 3.78. The van der Waals surface area contributed by atoms with Crippen LogP contribution in [0.5, 0.6) is 5.75 Å². The highest BCUT2D eigenvalue weighted by molar-refractivity contribution is 6.32. The Morgan fingerprint density at radius 1 is 1.26 bits per heavy atom. The van der Waals surface area contributed by atoms with Crippen LogP contribution in [-0.4, -0.2) is 39.3 Å². The van der Waals surface area contributed by atoms with Gasteiger partial charge in [-0.15, -0.1) is 0 Å². The van der Waals surface area contributed by atoms with Gasteiger partial charge in [0.1, 0.15) is 16.9 Å². The molecular formula is C21H16ClFN6O2. The lowest BCUT2D eigenvalue weighted by molar-refractivity contribution is 0.0925. The molecule has 0 bridgehead atoms. The minimum Gasteiger partial charge on any atom is -0.493 e. The minimum absolute atomic E-state index is 0.272. The average Bonchev–Trinajstić information content (AvgIpc) is 3.13. The van der Waals surface area contributed by atoms with Crippen molar-refractivity contribution in [2.45, 2.75) is 6.54 Å². The second-order valence-corrected chi connectivity index (χ2v) is 7.26. The lowest BCUT2D eigenvalue weighted by Gasteiger charge is -2.17. The van der Waals surface area contributed by atoms with Gasteiger partial charge in [-0.3, -0.25) is 14.5 Å². The first-order chi connectivity index (χ1) is 15.1. The summed E-state index contributed by atoms with van der Waals surface area (Å²) in [6.07, 6.45) is 1.60. The topological polar surface area (TPSA) is 94.0 Å². The van der Waals surface area contributed by atoms with Gasteiger partial charge in [0.25, 0.3) is 5.91 Å². The van der Waals surface area contributed by atoms with Crippen molar-refractivity contribution in [3.63, 3.8) is 0 Å². The van der Waals surface area contributed by atoms with Gasteiger partial charge in [0.2, 0.25) is 5.95 Å². The number of halogens is 2. The molecular weight excluding hydrogens is 423 g/mol. The molecule has 4 aromatic rings. The lowest BCUT2D eigenvalue weighted by Crippen LogP contribution is -2.35. The van der Waals surface area contributed by atoms with E-state index in [0.717, 1.165) is 0 Å². The Balaban J connectivity index is 1.76. The maximum Gasteiger partial charge on any atom is 0.271 e. The molecule has 3 aromatic heterocycles. The molecule has 4 heterocycles. The molecule has 0 atom stereocenters. The summed E-state index contributed by atoms with van der Waals surface area (Å²) in [6.45, 7) is 0.949. The highest BCUT2D eigenvalue weighted by Gasteiger charge is 2.29. The number of amides is 1. The number of benzene rings is 1. The van der Waals surface area contributed by atoms with Crippen LogP contribution in [0, 0.1) is 5.95 Å². The van der Waals surface area contributed by atoms with Crippen LogP contribution in [0.4, 0.5) is 15.8 Å². The zero-order valence-corrected chi connectivity index (χ0v) is 17.1. The van der Waals surface area contributed by atoms with E-state index in [1.54, 1.807) is 41.2 Å². The second kappa shape index (κ2) is 7.51. The van der Waals surface area contributed by atoms with Crippen LogP contribution in [-0.2, 0) is 6.54 Å². The van der Waals surface area contributed by atoms with Crippen molar-refractivity contribution in [3.8, 4) is 17.0 Å². The van der Waals surface area contributed by atoms with E-state index in [-0.39, 0.29) is 5.91 Å². The molecule has 1 amide bonds. The van der Waals surface area contributed by atoms with E-state index in [0.29, 0.717) is 63.2 Å². The van der Waals surface area contributed by atoms with Gasteiger partial charge < -0.3 is 15.4 Å². The Morgan fingerprint density at radius 2 is 2.13 bits per heavy atom. The van der Waals surface area contributed by atoms with Crippen molar-refractivity contribution < 1.29 is 13.9 Å². The molecule has 1 aromatic carbocycles. The Morgan fingerprint density at radius 3 is 2.97 bits per heavy atom. The van der Waals surface area contributed by atoms with Crippen LogP contribution < -0.4 is 15.4 Å². The van der Waals surface area contributed by atoms with Crippen molar-refractivity contribution >= 4 is 39.9 Å². The highest BCUT2D eigenvalue weighted by atomic mass is 35.5. The molecule has 0 aliphatic carbocycles. The van der Waals surface area contributed by atoms with Gasteiger partial charge in [0.15, 0.2) is 5.75 Å². The number of nitrogens with one attached hydrogen (secondary N) is 2. The lowest BCUT2D eigenvalue weighted by atomic mass is 10.1. The number of aromatic nitrogens is 4. The van der Waals surface area contributed by atoms with Crippen LogP contribution >= 0.6 is 11.6 Å². The van der Waals surface area contributed by atoms with E-state index in [1.165, 1.54) is 13.2 Å². The molecule has 2 N–H and O–H groups in total. The number of fused-ring (bicyclic) bond motifs is 2. The smallest absolute Gasteiger partial charge is 0.271 e. The van der Waals surface area contributed by atoms with E-state index in [1.807, 2.05) is 0 Å². The maximum absolute atomic E-state index is 13.9. The van der Waals surface area contributed by atoms with Crippen LogP contribution in [0.2, 0.25) is 5.02 Å². The van der Waals surface area contributed by atoms with E-state index in [9.17, 15) is 9.18 Å². The van der Waals surface area contributed by atoms with Gasteiger partial charge in [-0.2, -0.15) is 9.49 Å². The SMILES string of the molecule is COc1c(Cl)cccc1Nc1c(-c2ccnc3ccc(F)nc23)nn2c1C(=O)NCC2. The largest absolute Gasteiger partial charge is 0.493 e. The number of anilines is 2. The minimum atomic E-state index is -0.630. The Kier molecular flexibility index (Phi) is 4.67. The van der Waals surface area contributed by atoms with Crippen molar-refractivity contribution in [1.29, 1.82) is 0 Å². The number of nitrogens with zero attached hydrogens (tertiary/aromatic N) is 4. The molecule has 10 heteroatoms. The number of rotatable bonds is 4. The molecule has 31 heavy (non-hydrogen) atoms. The molecule has 0 saturated heterocycles. The van der Waals surface area contributed by atoms with E-state index in [4.69, 9.17) is 16.3 Å². The predicted molar refractivity (Wildman–Crippen MR) is 114 cm³/mol. The summed E-state index contributed by atoms with van der Waals surface area (Å²) in [5.74, 6) is -0.476. The molecule has 156 valence electrons. The highest BCUT2D eigenvalue weighted by Crippen LogP contribution is 2.40. The van der Waals surface area contributed by atoms with E-state index < -0.39 is 5.95 Å². The van der Waals surface area contributed by atoms with Crippen LogP contribution in [0.25, 0.3) is 22.3 Å². The quantitative estimate of drug-likeness (QED) is 0.471. The number of pyridine rings is 2. The fraction of sp³-hybridized carbons (Fsp3) is 0.143. The van der Waals surface area contributed by atoms with Crippen molar-refractivity contribution in [1.82, 2.24) is 25.1 Å². The molecule has 0 fully saturated rings. The molecule has 8 nitrogen and oxygen atoms in total. The van der Waals surface area contributed by atoms with Crippen molar-refractivity contribution in [2.24, 2.45) is 0 Å². The van der Waals surface area contributed by atoms with Gasteiger partial charge in [-0.25, -0.2) is 4.98 Å². The summed E-state index contributed by atoms with van der Waals surface area (Å²) in [7, 11) is 1.51. The van der Waals surface area contributed by atoms with Gasteiger partial charge >= 0.3 is 0 Å². The zero-order valence-electron chi connectivity index (χ0n) is 16.3. The summed E-state index contributed by atoms with van der Waals surface area (Å²) in [5.41, 5.74) is 3.20. The average molecular weight is 439 g/mol. The Hall–Kier alpha value is -3.72. The number of para-hydroxylation sites is 1. The van der Waals surface area contributed by atoms with Gasteiger partial charge in [0.05, 0.1) is 35.6 Å². The summed E-state index contributed by atoms with van der Waals surface area (Å²) in [4.78, 5) is 21.0. The van der Waals surface area contributed by atoms with Crippen LogP contribution in [0.1, 0.15) is 10.5 Å². The monoisotopic (exact) mass is 438 g/mol. The molecule has 0 spiro atoms.